The van der Waals surface area contributed by atoms with Crippen LogP contribution < -0.4 is 11.0 Å². The fraction of sp³-hybridized carbons (Fsp3) is 0. The van der Waals surface area contributed by atoms with Crippen LogP contribution in [0, 0.1) is 0 Å². The van der Waals surface area contributed by atoms with E-state index >= 15 is 0 Å². The van der Waals surface area contributed by atoms with Gasteiger partial charge >= 0.3 is 0 Å². The van der Waals surface area contributed by atoms with Crippen LogP contribution in [0.25, 0.3) is 22.5 Å². The first-order valence-electron chi connectivity index (χ1n) is 6.72. The van der Waals surface area contributed by atoms with E-state index in [4.69, 9.17) is 0 Å². The van der Waals surface area contributed by atoms with Gasteiger partial charge in [-0.3, -0.25) is 0 Å². The van der Waals surface area contributed by atoms with E-state index in [1.165, 1.54) is 6.07 Å². The average Bonchev–Trinajstić information content (AvgIpc) is 3.07. The van der Waals surface area contributed by atoms with Crippen LogP contribution in [0.15, 0.2) is 46.4 Å². The standard InChI is InChI=1S/C16H8N4O2/c21-10-6-5-8-11(14(10)22)18-16-13(8)20-15-12(19-16)7-3-1-2-4-9(7)17-15/h1-6,21-22H. The van der Waals surface area contributed by atoms with Gasteiger partial charge in [0.05, 0.1) is 5.69 Å². The Labute approximate surface area is 123 Å². The van der Waals surface area contributed by atoms with E-state index in [0.717, 1.165) is 11.3 Å². The molecule has 0 unspecified atom stereocenters. The summed E-state index contributed by atoms with van der Waals surface area (Å²) in [6.45, 7) is 0. The van der Waals surface area contributed by atoms with Gasteiger partial charge in [-0.05, 0) is 18.2 Å². The molecule has 0 bridgehead atoms. The molecule has 1 aromatic heterocycles. The maximum absolute atomic E-state index is 9.94. The molecule has 22 heavy (non-hydrogen) atoms. The van der Waals surface area contributed by atoms with Gasteiger partial charge in [-0.25, -0.2) is 20.0 Å². The van der Waals surface area contributed by atoms with Crippen LogP contribution in [0.4, 0.5) is 11.4 Å². The molecule has 6 nitrogen and oxygen atoms in total. The maximum Gasteiger partial charge on any atom is 0.184 e. The molecule has 0 aliphatic carbocycles. The van der Waals surface area contributed by atoms with E-state index in [9.17, 15) is 10.2 Å². The highest BCUT2D eigenvalue weighted by Crippen LogP contribution is 2.44. The molecule has 2 aliphatic rings. The van der Waals surface area contributed by atoms with E-state index in [1.54, 1.807) is 6.07 Å². The third-order valence-electron chi connectivity index (χ3n) is 3.85. The number of rotatable bonds is 0. The molecule has 0 saturated carbocycles. The van der Waals surface area contributed by atoms with Gasteiger partial charge < -0.3 is 10.2 Å². The summed E-state index contributed by atoms with van der Waals surface area (Å²) in [5, 5.41) is 19.5. The van der Waals surface area contributed by atoms with Crippen molar-refractivity contribution >= 4 is 11.4 Å². The molecule has 0 amide bonds. The molecule has 104 valence electrons. The number of phenols is 2. The molecule has 6 heteroatoms. The van der Waals surface area contributed by atoms with Crippen molar-refractivity contribution in [2.45, 2.75) is 0 Å². The molecule has 0 spiro atoms. The first kappa shape index (κ1) is 11.4. The van der Waals surface area contributed by atoms with Crippen LogP contribution in [0.3, 0.4) is 0 Å². The summed E-state index contributed by atoms with van der Waals surface area (Å²) in [6, 6.07) is 10.8. The predicted molar refractivity (Wildman–Crippen MR) is 77.9 cm³/mol. The minimum absolute atomic E-state index is 0.210. The molecule has 2 N–H and O–H groups in total. The smallest absolute Gasteiger partial charge is 0.184 e. The van der Waals surface area contributed by atoms with Crippen molar-refractivity contribution in [2.24, 2.45) is 9.98 Å². The van der Waals surface area contributed by atoms with Gasteiger partial charge in [0.1, 0.15) is 17.1 Å². The van der Waals surface area contributed by atoms with Crippen LogP contribution in [0.2, 0.25) is 0 Å². The van der Waals surface area contributed by atoms with Crippen LogP contribution in [-0.4, -0.2) is 20.2 Å². The highest BCUT2D eigenvalue weighted by molar-refractivity contribution is 5.84. The Kier molecular flexibility index (Phi) is 1.90. The number of fused-ring (bicyclic) bond motifs is 6. The molecule has 2 aromatic carbocycles. The molecule has 3 heterocycles. The summed E-state index contributed by atoms with van der Waals surface area (Å²) < 4.78 is 0. The first-order valence-corrected chi connectivity index (χ1v) is 6.72. The van der Waals surface area contributed by atoms with E-state index < -0.39 is 0 Å². The van der Waals surface area contributed by atoms with Crippen molar-refractivity contribution in [3.8, 4) is 34.0 Å². The Balaban J connectivity index is 1.85. The molecule has 2 aliphatic heterocycles. The number of para-hydroxylation sites is 1. The maximum atomic E-state index is 9.94. The lowest BCUT2D eigenvalue weighted by molar-refractivity contribution is 0.405. The average molecular weight is 288 g/mol. The zero-order valence-corrected chi connectivity index (χ0v) is 11.1. The number of hydrogen-bond donors (Lipinski definition) is 2. The Morgan fingerprint density at radius 2 is 1.45 bits per heavy atom. The minimum Gasteiger partial charge on any atom is -0.504 e. The van der Waals surface area contributed by atoms with Crippen LogP contribution >= 0.6 is 0 Å². The topological polar surface area (TPSA) is 91.0 Å². The Morgan fingerprint density at radius 3 is 2.32 bits per heavy atom. The molecular weight excluding hydrogens is 280 g/mol. The van der Waals surface area contributed by atoms with E-state index in [1.807, 2.05) is 24.3 Å². The fourth-order valence-electron chi connectivity index (χ4n) is 2.80. The predicted octanol–water partition coefficient (Wildman–Crippen LogP) is 1.75. The van der Waals surface area contributed by atoms with Crippen molar-refractivity contribution in [2.75, 3.05) is 0 Å². The lowest BCUT2D eigenvalue weighted by Gasteiger charge is -2.02. The lowest BCUT2D eigenvalue weighted by Crippen LogP contribution is -2.21. The second kappa shape index (κ2) is 3.67. The largest absolute Gasteiger partial charge is 0.504 e. The number of aromatic nitrogens is 2. The molecule has 3 aromatic rings. The zero-order valence-electron chi connectivity index (χ0n) is 11.1. The highest BCUT2D eigenvalue weighted by atomic mass is 16.3. The quantitative estimate of drug-likeness (QED) is 0.425. The van der Waals surface area contributed by atoms with Gasteiger partial charge in [0, 0.05) is 11.1 Å². The van der Waals surface area contributed by atoms with Crippen molar-refractivity contribution in [3.05, 3.63) is 47.4 Å². The highest BCUT2D eigenvalue weighted by Gasteiger charge is 2.25. The lowest BCUT2D eigenvalue weighted by atomic mass is 10.1. The second-order valence-corrected chi connectivity index (χ2v) is 5.14. The molecular formula is C16H8N4O2. The van der Waals surface area contributed by atoms with Gasteiger partial charge in [-0.1, -0.05) is 18.2 Å². The van der Waals surface area contributed by atoms with E-state index in [2.05, 4.69) is 20.0 Å². The van der Waals surface area contributed by atoms with E-state index in [-0.39, 0.29) is 11.5 Å². The van der Waals surface area contributed by atoms with Crippen LogP contribution in [-0.2, 0) is 0 Å². The van der Waals surface area contributed by atoms with Crippen LogP contribution in [0.1, 0.15) is 0 Å². The summed E-state index contributed by atoms with van der Waals surface area (Å²) in [5.74, 6) is -0.465. The molecule has 0 radical (unpaired) electrons. The third-order valence-corrected chi connectivity index (χ3v) is 3.85. The summed E-state index contributed by atoms with van der Waals surface area (Å²) >= 11 is 0. The molecule has 5 rings (SSSR count). The van der Waals surface area contributed by atoms with Crippen molar-refractivity contribution in [1.29, 1.82) is 0 Å². The Morgan fingerprint density at radius 1 is 0.727 bits per heavy atom. The van der Waals surface area contributed by atoms with Gasteiger partial charge in [0.25, 0.3) is 0 Å². The number of aromatic hydroxyl groups is 2. The third kappa shape index (κ3) is 1.28. The summed E-state index contributed by atoms with van der Waals surface area (Å²) in [4.78, 5) is 17.9. The summed E-state index contributed by atoms with van der Waals surface area (Å²) in [7, 11) is 0. The fourth-order valence-corrected chi connectivity index (χ4v) is 2.80. The zero-order chi connectivity index (χ0) is 14.8. The first-order chi connectivity index (χ1) is 10.7. The second-order valence-electron chi connectivity index (χ2n) is 5.14. The molecule has 0 saturated heterocycles. The number of benzene rings is 2. The van der Waals surface area contributed by atoms with Crippen molar-refractivity contribution in [1.82, 2.24) is 9.97 Å². The summed E-state index contributed by atoms with van der Waals surface area (Å²) in [6.07, 6.45) is 0. The van der Waals surface area contributed by atoms with Crippen LogP contribution in [0.5, 0.6) is 11.5 Å². The molecule has 0 fully saturated rings. The number of hydrogen-bond acceptors (Lipinski definition) is 6. The monoisotopic (exact) mass is 288 g/mol. The van der Waals surface area contributed by atoms with Gasteiger partial charge in [-0.2, -0.15) is 0 Å². The Hall–Kier alpha value is -3.28. The molecule has 0 atom stereocenters. The number of phenolic OH excluding ortho intramolecular Hbond substituents is 2. The Bertz CT molecular complexity index is 1110. The van der Waals surface area contributed by atoms with Crippen molar-refractivity contribution < 1.29 is 10.2 Å². The minimum atomic E-state index is -0.255. The van der Waals surface area contributed by atoms with Crippen molar-refractivity contribution in [3.63, 3.8) is 0 Å². The number of nitrogens with zero attached hydrogens (tertiary/aromatic N) is 4. The summed E-state index contributed by atoms with van der Waals surface area (Å²) in [5.41, 5.74) is 4.95. The van der Waals surface area contributed by atoms with Gasteiger partial charge in [0.15, 0.2) is 22.5 Å². The van der Waals surface area contributed by atoms with Gasteiger partial charge in [0.2, 0.25) is 0 Å². The normalized spacial score (nSPS) is 12.7. The van der Waals surface area contributed by atoms with E-state index in [0.29, 0.717) is 33.6 Å². The van der Waals surface area contributed by atoms with Gasteiger partial charge in [-0.15, -0.1) is 0 Å². The SMILES string of the molecule is Oc1ccc2c(c1O)N=c1nc3c(nc1-2)=Nc1ccccc1-3.